The smallest absolute Gasteiger partial charge is 0.273 e. The number of Topliss-reactive ketones (excluding diaryl/α,β-unsaturated/α-hetero) is 1. The summed E-state index contributed by atoms with van der Waals surface area (Å²) < 4.78 is 11.9. The second-order valence-corrected chi connectivity index (χ2v) is 12.2. The number of carbonyl (C=O) groups excluding carboxylic acids is 2. The number of hydrogen-bond donors (Lipinski definition) is 1. The van der Waals surface area contributed by atoms with Crippen LogP contribution in [0.25, 0.3) is 0 Å². The number of benzene rings is 2. The van der Waals surface area contributed by atoms with Crippen LogP contribution in [0.15, 0.2) is 60.0 Å². The zero-order valence-corrected chi connectivity index (χ0v) is 25.3. The number of thioether (sulfide) groups is 1. The van der Waals surface area contributed by atoms with Gasteiger partial charge in [0.15, 0.2) is 5.76 Å². The molecule has 42 heavy (non-hydrogen) atoms. The summed E-state index contributed by atoms with van der Waals surface area (Å²) in [6.07, 6.45) is -0.992. The first kappa shape index (κ1) is 32.6. The largest absolute Gasteiger partial charge is 0.477 e. The highest BCUT2D eigenvalue weighted by molar-refractivity contribution is 8.00. The van der Waals surface area contributed by atoms with E-state index in [4.69, 9.17) is 21.7 Å². The van der Waals surface area contributed by atoms with E-state index in [-0.39, 0.29) is 40.2 Å². The number of ketones is 1. The summed E-state index contributed by atoms with van der Waals surface area (Å²) in [6, 6.07) is 10.8. The van der Waals surface area contributed by atoms with Crippen molar-refractivity contribution in [3.05, 3.63) is 85.8 Å². The molecule has 0 unspecified atom stereocenters. The number of allylic oxidation sites excluding steroid dienone is 1. The molecular formula is C28H31N3O9S2. The highest BCUT2D eigenvalue weighted by Gasteiger charge is 2.54. The Morgan fingerprint density at radius 1 is 1.12 bits per heavy atom. The molecule has 2 aromatic carbocycles. The number of aliphatic hydroxyl groups is 1. The standard InChI is InChI=1S/C28H31N3O9S2/c1-6-42-26-21(16(2)32)25(34)29(26)22(27(41)39-15-17-10-12-18(13-11-17)30(35)36)23(24(33)28(3,4)5)40-20-9-7-8-19(14-20)31(37)38/h7-14,16,21,26,32H,6,15H2,1-5H3/t16-,21+,26-/m1/s1. The number of likely N-dealkylation sites (tertiary alicyclic amines) is 1. The Kier molecular flexibility index (Phi) is 10.4. The fourth-order valence-electron chi connectivity index (χ4n) is 4.07. The number of nitro groups is 2. The number of amides is 1. The molecule has 0 radical (unpaired) electrons. The van der Waals surface area contributed by atoms with E-state index in [0.717, 1.165) is 6.07 Å². The molecule has 12 nitrogen and oxygen atoms in total. The molecule has 1 N–H and O–H groups in total. The van der Waals surface area contributed by atoms with Crippen molar-refractivity contribution in [1.29, 1.82) is 0 Å². The van der Waals surface area contributed by atoms with E-state index >= 15 is 0 Å². The molecule has 0 spiro atoms. The normalized spacial score (nSPS) is 18.0. The molecule has 1 aliphatic rings. The Hall–Kier alpha value is -3.88. The van der Waals surface area contributed by atoms with E-state index < -0.39 is 44.3 Å². The summed E-state index contributed by atoms with van der Waals surface area (Å²) in [5.74, 6) is -1.67. The molecule has 1 saturated heterocycles. The van der Waals surface area contributed by atoms with Gasteiger partial charge in [0.2, 0.25) is 16.7 Å². The summed E-state index contributed by atoms with van der Waals surface area (Å²) in [5, 5.41) is 31.8. The molecule has 224 valence electrons. The van der Waals surface area contributed by atoms with E-state index in [1.54, 1.807) is 20.8 Å². The Balaban J connectivity index is 2.15. The van der Waals surface area contributed by atoms with Gasteiger partial charge in [0.1, 0.15) is 18.1 Å². The number of thiocarbonyl (C=S) groups is 1. The quantitative estimate of drug-likeness (QED) is 0.0835. The van der Waals surface area contributed by atoms with Crippen LogP contribution in [0.2, 0.25) is 0 Å². The van der Waals surface area contributed by atoms with Crippen LogP contribution < -0.4 is 4.74 Å². The minimum absolute atomic E-state index is 0.0350. The fraction of sp³-hybridized carbons (Fsp3) is 0.393. The number of nitrogens with zero attached hydrogens (tertiary/aromatic N) is 3. The molecule has 0 aliphatic carbocycles. The third-order valence-corrected chi connectivity index (χ3v) is 7.73. The second-order valence-electron chi connectivity index (χ2n) is 10.4. The van der Waals surface area contributed by atoms with Gasteiger partial charge in [-0.3, -0.25) is 34.7 Å². The summed E-state index contributed by atoms with van der Waals surface area (Å²) in [5.41, 5.74) is -1.05. The molecule has 1 fully saturated rings. The Morgan fingerprint density at radius 2 is 1.74 bits per heavy atom. The van der Waals surface area contributed by atoms with Crippen LogP contribution >= 0.6 is 24.0 Å². The molecule has 14 heteroatoms. The van der Waals surface area contributed by atoms with Gasteiger partial charge in [-0.05, 0) is 48.7 Å². The van der Waals surface area contributed by atoms with Gasteiger partial charge in [-0.25, -0.2) is 0 Å². The van der Waals surface area contributed by atoms with Crippen molar-refractivity contribution in [2.45, 2.75) is 52.7 Å². The number of rotatable bonds is 12. The lowest BCUT2D eigenvalue weighted by Gasteiger charge is -2.48. The molecule has 1 amide bonds. The third-order valence-electron chi connectivity index (χ3n) is 6.24. The number of aliphatic hydroxyl groups excluding tert-OH is 1. The van der Waals surface area contributed by atoms with Crippen LogP contribution in [-0.2, 0) is 20.9 Å². The van der Waals surface area contributed by atoms with Crippen molar-refractivity contribution in [3.63, 3.8) is 0 Å². The van der Waals surface area contributed by atoms with Crippen molar-refractivity contribution in [2.24, 2.45) is 11.3 Å². The maximum absolute atomic E-state index is 13.9. The van der Waals surface area contributed by atoms with Crippen LogP contribution in [0.1, 0.15) is 40.2 Å². The molecular weight excluding hydrogens is 586 g/mol. The number of non-ortho nitro benzene ring substituents is 2. The van der Waals surface area contributed by atoms with E-state index in [9.17, 15) is 34.9 Å². The lowest BCUT2D eigenvalue weighted by Crippen LogP contribution is -2.63. The Labute approximate surface area is 252 Å². The van der Waals surface area contributed by atoms with Crippen LogP contribution in [0, 0.1) is 31.6 Å². The highest BCUT2D eigenvalue weighted by atomic mass is 32.2. The zero-order chi connectivity index (χ0) is 31.4. The fourth-order valence-corrected chi connectivity index (χ4v) is 5.57. The molecule has 3 atom stereocenters. The predicted octanol–water partition coefficient (Wildman–Crippen LogP) is 5.17. The third kappa shape index (κ3) is 7.30. The lowest BCUT2D eigenvalue weighted by molar-refractivity contribution is -0.385. The van der Waals surface area contributed by atoms with Crippen molar-refractivity contribution in [2.75, 3.05) is 5.75 Å². The summed E-state index contributed by atoms with van der Waals surface area (Å²) in [4.78, 5) is 49.8. The number of ether oxygens (including phenoxy) is 2. The second kappa shape index (κ2) is 13.4. The molecule has 0 aromatic heterocycles. The first-order valence-corrected chi connectivity index (χ1v) is 14.4. The van der Waals surface area contributed by atoms with Crippen LogP contribution in [0.3, 0.4) is 0 Å². The van der Waals surface area contributed by atoms with Gasteiger partial charge in [0.05, 0.1) is 33.3 Å². The zero-order valence-electron chi connectivity index (χ0n) is 23.6. The van der Waals surface area contributed by atoms with Crippen molar-refractivity contribution in [3.8, 4) is 5.75 Å². The molecule has 1 heterocycles. The minimum Gasteiger partial charge on any atom is -0.477 e. The monoisotopic (exact) mass is 617 g/mol. The van der Waals surface area contributed by atoms with Gasteiger partial charge in [0, 0.05) is 23.6 Å². The number of nitro benzene ring substituents is 2. The van der Waals surface area contributed by atoms with Crippen molar-refractivity contribution >= 4 is 52.1 Å². The maximum atomic E-state index is 13.9. The summed E-state index contributed by atoms with van der Waals surface area (Å²) in [6.45, 7) is 8.13. The topological polar surface area (TPSA) is 162 Å². The van der Waals surface area contributed by atoms with Gasteiger partial charge in [-0.15, -0.1) is 11.8 Å². The van der Waals surface area contributed by atoms with E-state index in [0.29, 0.717) is 11.3 Å². The molecule has 3 rings (SSSR count). The van der Waals surface area contributed by atoms with Crippen LogP contribution in [0.4, 0.5) is 11.4 Å². The molecule has 2 aromatic rings. The van der Waals surface area contributed by atoms with Crippen molar-refractivity contribution < 1.29 is 34.0 Å². The van der Waals surface area contributed by atoms with E-state index in [1.807, 2.05) is 6.92 Å². The number of hydrogen-bond acceptors (Lipinski definition) is 11. The number of β-lactam (4-membered cyclic amide) rings is 1. The average molecular weight is 618 g/mol. The lowest BCUT2D eigenvalue weighted by atomic mass is 9.87. The van der Waals surface area contributed by atoms with Gasteiger partial charge in [-0.1, -0.05) is 33.8 Å². The average Bonchev–Trinajstić information content (AvgIpc) is 2.92. The Bertz CT molecular complexity index is 1420. The van der Waals surface area contributed by atoms with Gasteiger partial charge in [0.25, 0.3) is 11.4 Å². The first-order chi connectivity index (χ1) is 19.7. The molecule has 0 saturated carbocycles. The first-order valence-electron chi connectivity index (χ1n) is 12.9. The van der Waals surface area contributed by atoms with Gasteiger partial charge < -0.3 is 14.6 Å². The minimum atomic E-state index is -1.04. The molecule has 1 aliphatic heterocycles. The van der Waals surface area contributed by atoms with Crippen LogP contribution in [0.5, 0.6) is 5.75 Å². The predicted molar refractivity (Wildman–Crippen MR) is 160 cm³/mol. The maximum Gasteiger partial charge on any atom is 0.273 e. The summed E-state index contributed by atoms with van der Waals surface area (Å²) in [7, 11) is 0. The number of carbonyl (C=O) groups is 2. The highest BCUT2D eigenvalue weighted by Crippen LogP contribution is 2.42. The van der Waals surface area contributed by atoms with E-state index in [1.165, 1.54) is 66.1 Å². The van der Waals surface area contributed by atoms with E-state index in [2.05, 4.69) is 0 Å². The van der Waals surface area contributed by atoms with Gasteiger partial charge in [-0.2, -0.15) is 0 Å². The SMILES string of the molecule is CCS[C@@H]1[C@@H]([C@@H](C)O)C(=O)N1C(C(=S)OCc1ccc([N+](=O)[O-])cc1)=C(Oc1cccc([N+](=O)[O-])c1)C(=O)C(C)(C)C. The van der Waals surface area contributed by atoms with Crippen LogP contribution in [-0.4, -0.2) is 53.8 Å². The Morgan fingerprint density at radius 3 is 2.26 bits per heavy atom. The molecule has 0 bridgehead atoms. The van der Waals surface area contributed by atoms with Crippen molar-refractivity contribution in [1.82, 2.24) is 4.90 Å². The van der Waals surface area contributed by atoms with Gasteiger partial charge >= 0.3 is 0 Å². The summed E-state index contributed by atoms with van der Waals surface area (Å²) >= 11 is 6.98.